The van der Waals surface area contributed by atoms with E-state index in [0.717, 1.165) is 15.8 Å². The summed E-state index contributed by atoms with van der Waals surface area (Å²) in [5, 5.41) is 0. The van der Waals surface area contributed by atoms with E-state index < -0.39 is 15.4 Å². The van der Waals surface area contributed by atoms with E-state index in [1.54, 1.807) is 0 Å². The molecule has 1 fully saturated rings. The predicted molar refractivity (Wildman–Crippen MR) is 76.9 cm³/mol. The Hall–Kier alpha value is -0.590. The van der Waals surface area contributed by atoms with Crippen molar-refractivity contribution in [2.45, 2.75) is 30.9 Å². The van der Waals surface area contributed by atoms with Gasteiger partial charge in [-0.1, -0.05) is 22.0 Å². The molecule has 1 aromatic carbocycles. The van der Waals surface area contributed by atoms with Crippen molar-refractivity contribution in [1.29, 1.82) is 0 Å². The van der Waals surface area contributed by atoms with Crippen LogP contribution in [-0.2, 0) is 9.84 Å². The van der Waals surface area contributed by atoms with Crippen LogP contribution in [0.25, 0.3) is 0 Å². The first-order valence-electron chi connectivity index (χ1n) is 6.34. The van der Waals surface area contributed by atoms with Crippen LogP contribution in [-0.4, -0.2) is 25.5 Å². The van der Waals surface area contributed by atoms with Crippen molar-refractivity contribution in [3.05, 3.63) is 28.2 Å². The van der Waals surface area contributed by atoms with E-state index in [1.165, 1.54) is 0 Å². The van der Waals surface area contributed by atoms with Crippen LogP contribution >= 0.6 is 15.9 Å². The molecule has 1 saturated heterocycles. The molecule has 2 aliphatic heterocycles. The average Bonchev–Trinajstić information content (AvgIpc) is 2.33. The summed E-state index contributed by atoms with van der Waals surface area (Å²) in [6.07, 6.45) is 1.77. The van der Waals surface area contributed by atoms with Crippen molar-refractivity contribution in [2.75, 3.05) is 11.5 Å². The summed E-state index contributed by atoms with van der Waals surface area (Å²) < 4.78 is 30.2. The third kappa shape index (κ3) is 2.53. The lowest BCUT2D eigenvalue weighted by Gasteiger charge is -2.43. The second-order valence-corrected chi connectivity index (χ2v) is 8.65. The van der Waals surface area contributed by atoms with Gasteiger partial charge >= 0.3 is 0 Å². The minimum absolute atomic E-state index is 0.0855. The zero-order chi connectivity index (χ0) is 13.7. The maximum Gasteiger partial charge on any atom is 0.150 e. The Kier molecular flexibility index (Phi) is 3.15. The van der Waals surface area contributed by atoms with Crippen molar-refractivity contribution in [2.24, 2.45) is 5.73 Å². The Morgan fingerprint density at radius 3 is 2.68 bits per heavy atom. The third-order valence-corrected chi connectivity index (χ3v) is 6.18. The standard InChI is InChI=1S/C13H16BrNO3S/c14-9-1-2-10-11(15)8-13(18-12(10)7-9)3-5-19(16,17)6-4-13/h1-2,7,11H,3-6,8,15H2. The van der Waals surface area contributed by atoms with E-state index in [9.17, 15) is 8.42 Å². The highest BCUT2D eigenvalue weighted by Gasteiger charge is 2.44. The molecule has 0 radical (unpaired) electrons. The largest absolute Gasteiger partial charge is 0.487 e. The zero-order valence-corrected chi connectivity index (χ0v) is 12.8. The molecule has 0 saturated carbocycles. The number of sulfone groups is 1. The number of fused-ring (bicyclic) bond motifs is 1. The van der Waals surface area contributed by atoms with Gasteiger partial charge in [-0.15, -0.1) is 0 Å². The summed E-state index contributed by atoms with van der Waals surface area (Å²) >= 11 is 3.42. The van der Waals surface area contributed by atoms with Crippen LogP contribution in [0.3, 0.4) is 0 Å². The molecule has 4 nitrogen and oxygen atoms in total. The number of rotatable bonds is 0. The minimum atomic E-state index is -2.89. The van der Waals surface area contributed by atoms with Crippen LogP contribution in [0.15, 0.2) is 22.7 Å². The minimum Gasteiger partial charge on any atom is -0.487 e. The molecule has 1 atom stereocenters. The second kappa shape index (κ2) is 4.46. The Morgan fingerprint density at radius 1 is 1.32 bits per heavy atom. The van der Waals surface area contributed by atoms with Gasteiger partial charge in [0.25, 0.3) is 0 Å². The lowest BCUT2D eigenvalue weighted by molar-refractivity contribution is 0.0263. The molecular formula is C13H16BrNO3S. The summed E-state index contributed by atoms with van der Waals surface area (Å²) in [7, 11) is -2.89. The summed E-state index contributed by atoms with van der Waals surface area (Å²) in [6, 6.07) is 5.75. The first-order chi connectivity index (χ1) is 8.89. The van der Waals surface area contributed by atoms with Crippen LogP contribution in [0.2, 0.25) is 0 Å². The van der Waals surface area contributed by atoms with Gasteiger partial charge in [0.2, 0.25) is 0 Å². The van der Waals surface area contributed by atoms with E-state index in [2.05, 4.69) is 15.9 Å². The van der Waals surface area contributed by atoms with Crippen molar-refractivity contribution >= 4 is 25.8 Å². The fraction of sp³-hybridized carbons (Fsp3) is 0.538. The molecule has 0 aliphatic carbocycles. The number of hydrogen-bond acceptors (Lipinski definition) is 4. The molecule has 3 rings (SSSR count). The van der Waals surface area contributed by atoms with Gasteiger partial charge in [-0.3, -0.25) is 0 Å². The summed E-state index contributed by atoms with van der Waals surface area (Å²) in [5.41, 5.74) is 6.82. The van der Waals surface area contributed by atoms with Gasteiger partial charge in [-0.25, -0.2) is 8.42 Å². The fourth-order valence-electron chi connectivity index (χ4n) is 2.90. The topological polar surface area (TPSA) is 69.4 Å². The molecule has 2 heterocycles. The van der Waals surface area contributed by atoms with E-state index in [0.29, 0.717) is 19.3 Å². The Bertz CT molecular complexity index is 600. The number of nitrogens with two attached hydrogens (primary N) is 1. The van der Waals surface area contributed by atoms with Crippen molar-refractivity contribution in [1.82, 2.24) is 0 Å². The van der Waals surface area contributed by atoms with Gasteiger partial charge in [-0.05, 0) is 12.1 Å². The SMILES string of the molecule is NC1CC2(CCS(=O)(=O)CC2)Oc2cc(Br)ccc21. The molecule has 0 aromatic heterocycles. The molecule has 104 valence electrons. The monoisotopic (exact) mass is 345 g/mol. The molecule has 1 unspecified atom stereocenters. The number of benzene rings is 1. The van der Waals surface area contributed by atoms with Gasteiger partial charge in [-0.2, -0.15) is 0 Å². The lowest BCUT2D eigenvalue weighted by Crippen LogP contribution is -2.48. The molecule has 2 N–H and O–H groups in total. The van der Waals surface area contributed by atoms with Gasteiger partial charge in [0.15, 0.2) is 9.84 Å². The van der Waals surface area contributed by atoms with Crippen LogP contribution in [0, 0.1) is 0 Å². The Labute approximate surface area is 121 Å². The van der Waals surface area contributed by atoms with Crippen LogP contribution in [0.1, 0.15) is 30.9 Å². The van der Waals surface area contributed by atoms with E-state index in [-0.39, 0.29) is 17.5 Å². The number of hydrogen-bond donors (Lipinski definition) is 1. The van der Waals surface area contributed by atoms with Gasteiger partial charge in [0, 0.05) is 35.3 Å². The predicted octanol–water partition coefficient (Wildman–Crippen LogP) is 2.18. The van der Waals surface area contributed by atoms with Gasteiger partial charge in [0.05, 0.1) is 11.5 Å². The molecule has 1 spiro atoms. The molecule has 6 heteroatoms. The first kappa shape index (κ1) is 13.4. The molecule has 19 heavy (non-hydrogen) atoms. The maximum atomic E-state index is 11.6. The fourth-order valence-corrected chi connectivity index (χ4v) is 4.82. The molecule has 0 amide bonds. The maximum absolute atomic E-state index is 11.6. The third-order valence-electron chi connectivity index (χ3n) is 4.03. The van der Waals surface area contributed by atoms with Crippen LogP contribution in [0.4, 0.5) is 0 Å². The molecule has 1 aromatic rings. The Balaban J connectivity index is 1.92. The zero-order valence-electron chi connectivity index (χ0n) is 10.4. The normalized spacial score (nSPS) is 27.6. The molecular weight excluding hydrogens is 330 g/mol. The Morgan fingerprint density at radius 2 is 2.00 bits per heavy atom. The van der Waals surface area contributed by atoms with Crippen molar-refractivity contribution < 1.29 is 13.2 Å². The number of halogens is 1. The summed E-state index contributed by atoms with van der Waals surface area (Å²) in [6.45, 7) is 0. The highest BCUT2D eigenvalue weighted by Crippen LogP contribution is 2.44. The van der Waals surface area contributed by atoms with Gasteiger partial charge < -0.3 is 10.5 Å². The lowest BCUT2D eigenvalue weighted by atomic mass is 9.83. The van der Waals surface area contributed by atoms with E-state index in [1.807, 2.05) is 18.2 Å². The quantitative estimate of drug-likeness (QED) is 0.782. The van der Waals surface area contributed by atoms with E-state index >= 15 is 0 Å². The number of ether oxygens (including phenoxy) is 1. The van der Waals surface area contributed by atoms with Crippen molar-refractivity contribution in [3.8, 4) is 5.75 Å². The van der Waals surface area contributed by atoms with Crippen LogP contribution in [0.5, 0.6) is 5.75 Å². The highest BCUT2D eigenvalue weighted by atomic mass is 79.9. The molecule has 2 aliphatic rings. The van der Waals surface area contributed by atoms with E-state index in [4.69, 9.17) is 10.5 Å². The smallest absolute Gasteiger partial charge is 0.150 e. The van der Waals surface area contributed by atoms with Crippen molar-refractivity contribution in [3.63, 3.8) is 0 Å². The summed E-state index contributed by atoms with van der Waals surface area (Å²) in [5.74, 6) is 1.18. The highest BCUT2D eigenvalue weighted by molar-refractivity contribution is 9.10. The second-order valence-electron chi connectivity index (χ2n) is 5.43. The summed E-state index contributed by atoms with van der Waals surface area (Å²) in [4.78, 5) is 0. The van der Waals surface area contributed by atoms with Gasteiger partial charge in [0.1, 0.15) is 11.4 Å². The van der Waals surface area contributed by atoms with Crippen LogP contribution < -0.4 is 10.5 Å². The molecule has 0 bridgehead atoms. The average molecular weight is 346 g/mol. The first-order valence-corrected chi connectivity index (χ1v) is 8.95.